The van der Waals surface area contributed by atoms with E-state index in [9.17, 15) is 13.2 Å². The van der Waals surface area contributed by atoms with Crippen LogP contribution >= 0.6 is 0 Å². The van der Waals surface area contributed by atoms with Gasteiger partial charge in [0.05, 0.1) is 11.5 Å². The zero-order chi connectivity index (χ0) is 16.0. The Labute approximate surface area is 131 Å². The van der Waals surface area contributed by atoms with E-state index in [1.54, 1.807) is 12.4 Å². The van der Waals surface area contributed by atoms with Crippen molar-refractivity contribution in [2.45, 2.75) is 25.3 Å². The molecule has 1 unspecified atom stereocenters. The van der Waals surface area contributed by atoms with Gasteiger partial charge in [-0.05, 0) is 37.6 Å². The molecule has 1 N–H and O–H groups in total. The summed E-state index contributed by atoms with van der Waals surface area (Å²) < 4.78 is 22.7. The Hall–Kier alpha value is -1.47. The molecule has 2 heterocycles. The van der Waals surface area contributed by atoms with Crippen molar-refractivity contribution in [2.24, 2.45) is 0 Å². The van der Waals surface area contributed by atoms with E-state index < -0.39 is 9.84 Å². The molecule has 7 heteroatoms. The van der Waals surface area contributed by atoms with Gasteiger partial charge in [0.15, 0.2) is 9.84 Å². The number of pyridine rings is 1. The summed E-state index contributed by atoms with van der Waals surface area (Å²) in [6.45, 7) is 1.53. The Morgan fingerprint density at radius 1 is 1.36 bits per heavy atom. The number of likely N-dealkylation sites (N-methyl/N-ethyl adjacent to an activating group) is 1. The molecule has 122 valence electrons. The molecule has 1 aromatic rings. The highest BCUT2D eigenvalue weighted by atomic mass is 32.2. The monoisotopic (exact) mass is 325 g/mol. The summed E-state index contributed by atoms with van der Waals surface area (Å²) in [6.07, 6.45) is 5.40. The first-order chi connectivity index (χ1) is 10.4. The fourth-order valence-corrected chi connectivity index (χ4v) is 4.16. The summed E-state index contributed by atoms with van der Waals surface area (Å²) in [5.74, 6) is 0.193. The van der Waals surface area contributed by atoms with E-state index in [0.717, 1.165) is 13.0 Å². The fraction of sp³-hybridized carbons (Fsp3) is 0.600. The zero-order valence-electron chi connectivity index (χ0n) is 12.9. The number of amides is 1. The Balaban J connectivity index is 1.63. The molecule has 1 fully saturated rings. The van der Waals surface area contributed by atoms with Crippen LogP contribution in [-0.2, 0) is 21.1 Å². The number of hydrogen-bond donors (Lipinski definition) is 1. The third-order valence-corrected chi connectivity index (χ3v) is 5.62. The molecule has 6 nitrogen and oxygen atoms in total. The molecule has 0 aliphatic carbocycles. The third-order valence-electron chi connectivity index (χ3n) is 3.85. The molecular weight excluding hydrogens is 302 g/mol. The second kappa shape index (κ2) is 7.69. The number of carbonyl (C=O) groups is 1. The third kappa shape index (κ3) is 5.73. The SMILES string of the molecule is CN(CCC(=O)NC1CCS(=O)(=O)C1)CCc1ccncc1. The smallest absolute Gasteiger partial charge is 0.221 e. The minimum Gasteiger partial charge on any atom is -0.352 e. The number of hydrogen-bond acceptors (Lipinski definition) is 5. The first-order valence-electron chi connectivity index (χ1n) is 7.52. The van der Waals surface area contributed by atoms with Crippen molar-refractivity contribution in [3.05, 3.63) is 30.1 Å². The molecule has 1 saturated heterocycles. The second-order valence-corrected chi connectivity index (χ2v) is 8.05. The minimum absolute atomic E-state index is 0.0714. The Kier molecular flexibility index (Phi) is 5.90. The molecular formula is C15H23N3O3S. The van der Waals surface area contributed by atoms with Crippen molar-refractivity contribution in [2.75, 3.05) is 31.6 Å². The molecule has 1 aliphatic heterocycles. The molecule has 2 rings (SSSR count). The van der Waals surface area contributed by atoms with Crippen molar-refractivity contribution in [3.63, 3.8) is 0 Å². The van der Waals surface area contributed by atoms with Gasteiger partial charge in [-0.2, -0.15) is 0 Å². The summed E-state index contributed by atoms with van der Waals surface area (Å²) >= 11 is 0. The molecule has 0 bridgehead atoms. The predicted molar refractivity (Wildman–Crippen MR) is 85.3 cm³/mol. The van der Waals surface area contributed by atoms with Gasteiger partial charge in [-0.1, -0.05) is 0 Å². The van der Waals surface area contributed by atoms with Crippen LogP contribution in [0.5, 0.6) is 0 Å². The van der Waals surface area contributed by atoms with Crippen LogP contribution in [0.4, 0.5) is 0 Å². The molecule has 1 aromatic heterocycles. The van der Waals surface area contributed by atoms with E-state index in [2.05, 4.69) is 15.2 Å². The van der Waals surface area contributed by atoms with Crippen LogP contribution < -0.4 is 5.32 Å². The van der Waals surface area contributed by atoms with E-state index >= 15 is 0 Å². The molecule has 1 amide bonds. The van der Waals surface area contributed by atoms with Gasteiger partial charge in [-0.3, -0.25) is 9.78 Å². The molecule has 0 aromatic carbocycles. The van der Waals surface area contributed by atoms with Crippen LogP contribution in [0.3, 0.4) is 0 Å². The fourth-order valence-electron chi connectivity index (χ4n) is 2.48. The summed E-state index contributed by atoms with van der Waals surface area (Å²) in [6, 6.07) is 3.77. The van der Waals surface area contributed by atoms with Crippen molar-refractivity contribution in [1.82, 2.24) is 15.2 Å². The highest BCUT2D eigenvalue weighted by molar-refractivity contribution is 7.91. The van der Waals surface area contributed by atoms with Crippen LogP contribution in [0.25, 0.3) is 0 Å². The lowest BCUT2D eigenvalue weighted by molar-refractivity contribution is -0.121. The van der Waals surface area contributed by atoms with Gasteiger partial charge in [-0.25, -0.2) is 8.42 Å². The maximum absolute atomic E-state index is 11.8. The largest absolute Gasteiger partial charge is 0.352 e. The van der Waals surface area contributed by atoms with Crippen LogP contribution in [0, 0.1) is 0 Å². The average Bonchev–Trinajstić information content (AvgIpc) is 2.83. The minimum atomic E-state index is -2.94. The number of nitrogens with zero attached hydrogens (tertiary/aromatic N) is 2. The second-order valence-electron chi connectivity index (χ2n) is 5.83. The van der Waals surface area contributed by atoms with Gasteiger partial charge in [0.1, 0.15) is 0 Å². The molecule has 0 spiro atoms. The molecule has 1 atom stereocenters. The van der Waals surface area contributed by atoms with Crippen LogP contribution in [0.15, 0.2) is 24.5 Å². The van der Waals surface area contributed by atoms with Crippen molar-refractivity contribution < 1.29 is 13.2 Å². The average molecular weight is 325 g/mol. The molecule has 0 radical (unpaired) electrons. The van der Waals surface area contributed by atoms with Gasteiger partial charge >= 0.3 is 0 Å². The number of sulfone groups is 1. The molecule has 0 saturated carbocycles. The number of nitrogens with one attached hydrogen (secondary N) is 1. The van der Waals surface area contributed by atoms with E-state index in [1.165, 1.54) is 5.56 Å². The quantitative estimate of drug-likeness (QED) is 0.777. The van der Waals surface area contributed by atoms with Gasteiger partial charge < -0.3 is 10.2 Å². The number of aromatic nitrogens is 1. The van der Waals surface area contributed by atoms with Crippen molar-refractivity contribution in [1.29, 1.82) is 0 Å². The summed E-state index contributed by atoms with van der Waals surface area (Å²) in [7, 11) is -0.961. The molecule has 22 heavy (non-hydrogen) atoms. The highest BCUT2D eigenvalue weighted by Crippen LogP contribution is 2.11. The lowest BCUT2D eigenvalue weighted by atomic mass is 10.2. The van der Waals surface area contributed by atoms with Crippen LogP contribution in [0.1, 0.15) is 18.4 Å². The maximum Gasteiger partial charge on any atom is 0.221 e. The van der Waals surface area contributed by atoms with E-state index in [1.807, 2.05) is 19.2 Å². The maximum atomic E-state index is 11.8. The highest BCUT2D eigenvalue weighted by Gasteiger charge is 2.28. The first kappa shape index (κ1) is 16.9. The Morgan fingerprint density at radius 2 is 2.09 bits per heavy atom. The summed E-state index contributed by atoms with van der Waals surface area (Å²) in [5.41, 5.74) is 1.22. The van der Waals surface area contributed by atoms with Gasteiger partial charge in [0.2, 0.25) is 5.91 Å². The predicted octanol–water partition coefficient (Wildman–Crippen LogP) is 0.249. The van der Waals surface area contributed by atoms with Crippen molar-refractivity contribution in [3.8, 4) is 0 Å². The topological polar surface area (TPSA) is 79.4 Å². The van der Waals surface area contributed by atoms with Gasteiger partial charge in [0, 0.05) is 37.9 Å². The van der Waals surface area contributed by atoms with Crippen molar-refractivity contribution >= 4 is 15.7 Å². The van der Waals surface area contributed by atoms with Gasteiger partial charge in [-0.15, -0.1) is 0 Å². The first-order valence-corrected chi connectivity index (χ1v) is 9.34. The van der Waals surface area contributed by atoms with E-state index in [0.29, 0.717) is 19.4 Å². The Morgan fingerprint density at radius 3 is 2.73 bits per heavy atom. The standard InChI is InChI=1S/C15H23N3O3S/c1-18(9-4-13-2-7-16-8-3-13)10-5-15(19)17-14-6-11-22(20,21)12-14/h2-3,7-8,14H,4-6,9-12H2,1H3,(H,17,19). The number of carbonyl (C=O) groups excluding carboxylic acids is 1. The Bertz CT molecular complexity index is 589. The van der Waals surface area contributed by atoms with E-state index in [4.69, 9.17) is 0 Å². The van der Waals surface area contributed by atoms with Gasteiger partial charge in [0.25, 0.3) is 0 Å². The normalized spacial score (nSPS) is 20.2. The summed E-state index contributed by atoms with van der Waals surface area (Å²) in [4.78, 5) is 17.9. The van der Waals surface area contributed by atoms with E-state index in [-0.39, 0.29) is 23.5 Å². The molecule has 1 aliphatic rings. The van der Waals surface area contributed by atoms with Crippen LogP contribution in [0.2, 0.25) is 0 Å². The zero-order valence-corrected chi connectivity index (χ0v) is 13.7. The number of rotatable bonds is 7. The summed E-state index contributed by atoms with van der Waals surface area (Å²) in [5, 5.41) is 2.81. The lowest BCUT2D eigenvalue weighted by Crippen LogP contribution is -2.37. The lowest BCUT2D eigenvalue weighted by Gasteiger charge is -2.17. The van der Waals surface area contributed by atoms with Crippen LogP contribution in [-0.4, -0.2) is 61.9 Å².